The van der Waals surface area contributed by atoms with Gasteiger partial charge in [-0.3, -0.25) is 0 Å². The zero-order valence-corrected chi connectivity index (χ0v) is 17.3. The second kappa shape index (κ2) is 9.14. The quantitative estimate of drug-likeness (QED) is 0.161. The number of aromatic nitrogens is 1. The van der Waals surface area contributed by atoms with Crippen LogP contribution in [0.4, 0.5) is 0 Å². The van der Waals surface area contributed by atoms with E-state index in [1.807, 2.05) is 12.1 Å². The summed E-state index contributed by atoms with van der Waals surface area (Å²) in [6, 6.07) is 36.2. The Labute approximate surface area is 184 Å². The third-order valence-electron chi connectivity index (χ3n) is 5.22. The van der Waals surface area contributed by atoms with Crippen molar-refractivity contribution >= 4 is 16.3 Å². The molecule has 0 unspecified atom stereocenters. The molecule has 6 nitrogen and oxygen atoms in total. The Bertz CT molecular complexity index is 1380. The minimum atomic E-state index is -1.75. The molecule has 0 aliphatic carbocycles. The highest BCUT2D eigenvalue weighted by Gasteiger charge is 2.21. The first kappa shape index (κ1) is 20.8. The molecule has 0 aliphatic heterocycles. The fraction of sp³-hybridized carbons (Fsp3) is 0.0385. The van der Waals surface area contributed by atoms with Gasteiger partial charge in [0.25, 0.3) is 0 Å². The van der Waals surface area contributed by atoms with Crippen molar-refractivity contribution in [2.45, 2.75) is 0 Å². The van der Waals surface area contributed by atoms with Crippen LogP contribution in [-0.4, -0.2) is 12.2 Å². The standard InChI is InChI=1S/C26H20NO.NO3/c1-28-22-16-14-20(15-17-22)24-12-7-13-25-23-11-6-5-10-21(23)18-26(27(24)25)19-8-3-2-4-9-19;2-1(3)4/h2-18H,1H3;/q+1;-1. The molecule has 5 rings (SSSR count). The van der Waals surface area contributed by atoms with E-state index in [9.17, 15) is 0 Å². The second-order valence-corrected chi connectivity index (χ2v) is 7.07. The number of benzene rings is 3. The van der Waals surface area contributed by atoms with Crippen LogP contribution in [0.25, 0.3) is 38.8 Å². The van der Waals surface area contributed by atoms with E-state index in [4.69, 9.17) is 20.1 Å². The maximum absolute atomic E-state index is 8.25. The maximum Gasteiger partial charge on any atom is 0.219 e. The van der Waals surface area contributed by atoms with Crippen molar-refractivity contribution in [3.63, 3.8) is 0 Å². The van der Waals surface area contributed by atoms with Crippen LogP contribution in [0.5, 0.6) is 5.75 Å². The lowest BCUT2D eigenvalue weighted by Gasteiger charge is -2.09. The van der Waals surface area contributed by atoms with Gasteiger partial charge in [-0.15, -0.1) is 0 Å². The Morgan fingerprint density at radius 1 is 0.719 bits per heavy atom. The van der Waals surface area contributed by atoms with Gasteiger partial charge in [-0.05, 0) is 53.9 Å². The molecular weight excluding hydrogens is 404 g/mol. The molecule has 0 radical (unpaired) electrons. The Morgan fingerprint density at radius 2 is 1.34 bits per heavy atom. The summed E-state index contributed by atoms with van der Waals surface area (Å²) in [7, 11) is 1.70. The molecule has 2 heterocycles. The molecule has 32 heavy (non-hydrogen) atoms. The fourth-order valence-electron chi connectivity index (χ4n) is 3.86. The molecule has 3 aromatic carbocycles. The molecule has 0 N–H and O–H groups in total. The number of hydrogen-bond acceptors (Lipinski definition) is 4. The molecule has 0 amide bonds. The van der Waals surface area contributed by atoms with Crippen LogP contribution in [0.3, 0.4) is 0 Å². The van der Waals surface area contributed by atoms with Crippen LogP contribution in [0.2, 0.25) is 0 Å². The highest BCUT2D eigenvalue weighted by Crippen LogP contribution is 2.28. The summed E-state index contributed by atoms with van der Waals surface area (Å²) in [5.74, 6) is 0.864. The average Bonchev–Trinajstić information content (AvgIpc) is 2.83. The van der Waals surface area contributed by atoms with E-state index in [0.717, 1.165) is 17.0 Å². The van der Waals surface area contributed by atoms with Gasteiger partial charge in [0, 0.05) is 29.3 Å². The van der Waals surface area contributed by atoms with Crippen LogP contribution in [-0.2, 0) is 0 Å². The smallest absolute Gasteiger partial charge is 0.219 e. The number of fused-ring (bicyclic) bond motifs is 3. The van der Waals surface area contributed by atoms with Gasteiger partial charge < -0.3 is 20.1 Å². The van der Waals surface area contributed by atoms with Gasteiger partial charge in [0.2, 0.25) is 16.9 Å². The second-order valence-electron chi connectivity index (χ2n) is 7.07. The van der Waals surface area contributed by atoms with Gasteiger partial charge in [0.1, 0.15) is 5.75 Å². The van der Waals surface area contributed by atoms with E-state index >= 15 is 0 Å². The summed E-state index contributed by atoms with van der Waals surface area (Å²) >= 11 is 0. The molecule has 6 heteroatoms. The van der Waals surface area contributed by atoms with Crippen LogP contribution in [0.1, 0.15) is 0 Å². The van der Waals surface area contributed by atoms with Crippen molar-refractivity contribution in [3.8, 4) is 28.3 Å². The zero-order chi connectivity index (χ0) is 22.5. The van der Waals surface area contributed by atoms with Crippen molar-refractivity contribution in [2.24, 2.45) is 0 Å². The highest BCUT2D eigenvalue weighted by atomic mass is 16.9. The number of ether oxygens (including phenoxy) is 1. The third kappa shape index (κ3) is 4.20. The predicted molar refractivity (Wildman–Crippen MR) is 125 cm³/mol. The first-order chi connectivity index (χ1) is 15.6. The Kier molecular flexibility index (Phi) is 5.94. The predicted octanol–water partition coefficient (Wildman–Crippen LogP) is 5.68. The number of methoxy groups -OCH3 is 1. The van der Waals surface area contributed by atoms with Crippen molar-refractivity contribution in [2.75, 3.05) is 7.11 Å². The molecular formula is C26H20N2O4. The zero-order valence-electron chi connectivity index (χ0n) is 17.3. The molecule has 0 atom stereocenters. The molecule has 0 aliphatic rings. The Morgan fingerprint density at radius 3 is 2.03 bits per heavy atom. The lowest BCUT2D eigenvalue weighted by molar-refractivity contribution is -0.485. The monoisotopic (exact) mass is 424 g/mol. The molecule has 0 fully saturated rings. The van der Waals surface area contributed by atoms with E-state index in [1.165, 1.54) is 27.5 Å². The Hall–Kier alpha value is -4.45. The largest absolute Gasteiger partial charge is 0.497 e. The Balaban J connectivity index is 0.000000567. The molecule has 2 aromatic heterocycles. The van der Waals surface area contributed by atoms with E-state index < -0.39 is 5.09 Å². The van der Waals surface area contributed by atoms with E-state index in [2.05, 4.69) is 95.4 Å². The van der Waals surface area contributed by atoms with Crippen LogP contribution < -0.4 is 9.14 Å². The van der Waals surface area contributed by atoms with Crippen LogP contribution in [0, 0.1) is 15.3 Å². The van der Waals surface area contributed by atoms with Crippen LogP contribution >= 0.6 is 0 Å². The van der Waals surface area contributed by atoms with E-state index in [1.54, 1.807) is 7.11 Å². The fourth-order valence-corrected chi connectivity index (χ4v) is 3.86. The topological polar surface area (TPSA) is 79.5 Å². The molecule has 0 saturated carbocycles. The minimum absolute atomic E-state index is 0.864. The minimum Gasteiger partial charge on any atom is -0.497 e. The number of rotatable bonds is 3. The van der Waals surface area contributed by atoms with Gasteiger partial charge >= 0.3 is 0 Å². The highest BCUT2D eigenvalue weighted by molar-refractivity contribution is 5.95. The van der Waals surface area contributed by atoms with Gasteiger partial charge in [0.15, 0.2) is 0 Å². The summed E-state index contributed by atoms with van der Waals surface area (Å²) in [6.07, 6.45) is 0. The lowest BCUT2D eigenvalue weighted by atomic mass is 10.0. The van der Waals surface area contributed by atoms with Crippen molar-refractivity contribution in [3.05, 3.63) is 118 Å². The third-order valence-corrected chi connectivity index (χ3v) is 5.22. The van der Waals surface area contributed by atoms with E-state index in [0.29, 0.717) is 0 Å². The van der Waals surface area contributed by atoms with Gasteiger partial charge in [-0.1, -0.05) is 36.4 Å². The summed E-state index contributed by atoms with van der Waals surface area (Å²) in [4.78, 5) is 8.25. The van der Waals surface area contributed by atoms with Crippen molar-refractivity contribution in [1.82, 2.24) is 0 Å². The van der Waals surface area contributed by atoms with Crippen molar-refractivity contribution in [1.29, 1.82) is 0 Å². The summed E-state index contributed by atoms with van der Waals surface area (Å²) in [5.41, 5.74) is 5.89. The maximum atomic E-state index is 8.25. The summed E-state index contributed by atoms with van der Waals surface area (Å²) < 4.78 is 7.70. The number of hydrogen-bond donors (Lipinski definition) is 0. The SMILES string of the molecule is COc1ccc(-c2cccc3c4ccccc4cc(-c4ccccc4)[n+]23)cc1.O=[N+]([O-])[O-]. The molecule has 0 saturated heterocycles. The molecule has 5 aromatic rings. The average molecular weight is 424 g/mol. The van der Waals surface area contributed by atoms with Crippen LogP contribution in [0.15, 0.2) is 103 Å². The molecule has 0 bridgehead atoms. The van der Waals surface area contributed by atoms with Crippen molar-refractivity contribution < 1.29 is 14.2 Å². The number of pyridine rings is 2. The molecule has 158 valence electrons. The first-order valence-electron chi connectivity index (χ1n) is 9.96. The molecule has 0 spiro atoms. The van der Waals surface area contributed by atoms with Gasteiger partial charge in [-0.2, -0.15) is 4.40 Å². The van der Waals surface area contributed by atoms with E-state index in [-0.39, 0.29) is 0 Å². The lowest BCUT2D eigenvalue weighted by Crippen LogP contribution is -2.28. The first-order valence-corrected chi connectivity index (χ1v) is 9.96. The normalized spacial score (nSPS) is 10.4. The van der Waals surface area contributed by atoms with Gasteiger partial charge in [-0.25, -0.2) is 0 Å². The summed E-state index contributed by atoms with van der Waals surface area (Å²) in [5, 5.41) is 17.2. The number of nitrogens with zero attached hydrogens (tertiary/aromatic N) is 2. The van der Waals surface area contributed by atoms with Gasteiger partial charge in [0.05, 0.1) is 17.6 Å². The summed E-state index contributed by atoms with van der Waals surface area (Å²) in [6.45, 7) is 0.